The molecule has 0 saturated heterocycles. The summed E-state index contributed by atoms with van der Waals surface area (Å²) < 4.78 is 21.8. The molecule has 10 heteroatoms. The van der Waals surface area contributed by atoms with Crippen molar-refractivity contribution in [1.29, 1.82) is 0 Å². The van der Waals surface area contributed by atoms with Gasteiger partial charge in [-0.05, 0) is 32.1 Å². The zero-order valence-electron chi connectivity index (χ0n) is 26.6. The van der Waals surface area contributed by atoms with Crippen LogP contribution in [-0.4, -0.2) is 59.0 Å². The number of allylic oxidation sites excluding steroid dienone is 3. The normalized spacial score (nSPS) is 15.7. The number of hydrogen-bond donors (Lipinski definition) is 5. The van der Waals surface area contributed by atoms with Gasteiger partial charge in [-0.1, -0.05) is 122 Å². The molecule has 1 amide bonds. The summed E-state index contributed by atoms with van der Waals surface area (Å²) in [5, 5.41) is 23.7. The number of amides is 1. The van der Waals surface area contributed by atoms with Gasteiger partial charge in [-0.25, -0.2) is 4.57 Å². The average Bonchev–Trinajstić information content (AvgIpc) is 2.96. The van der Waals surface area contributed by atoms with E-state index >= 15 is 0 Å². The number of nitrogens with one attached hydrogen (secondary N) is 1. The van der Waals surface area contributed by atoms with Crippen molar-refractivity contribution in [2.45, 2.75) is 154 Å². The zero-order valence-corrected chi connectivity index (χ0v) is 27.5. The lowest BCUT2D eigenvalue weighted by molar-refractivity contribution is -0.124. The van der Waals surface area contributed by atoms with Crippen LogP contribution in [0.15, 0.2) is 24.3 Å². The lowest BCUT2D eigenvalue weighted by Gasteiger charge is -2.24. The van der Waals surface area contributed by atoms with Crippen molar-refractivity contribution in [3.8, 4) is 0 Å². The van der Waals surface area contributed by atoms with Crippen molar-refractivity contribution in [3.05, 3.63) is 24.3 Å². The third kappa shape index (κ3) is 26.6. The van der Waals surface area contributed by atoms with E-state index in [-0.39, 0.29) is 19.6 Å². The third-order valence-electron chi connectivity index (χ3n) is 7.08. The highest BCUT2D eigenvalue weighted by Crippen LogP contribution is 2.43. The van der Waals surface area contributed by atoms with Gasteiger partial charge in [-0.15, -0.1) is 0 Å². The van der Waals surface area contributed by atoms with Gasteiger partial charge in [0.1, 0.15) is 0 Å². The summed E-state index contributed by atoms with van der Waals surface area (Å²) in [6.07, 6.45) is 25.6. The second-order valence-electron chi connectivity index (χ2n) is 11.2. The Morgan fingerprint density at radius 2 is 1.36 bits per heavy atom. The summed E-state index contributed by atoms with van der Waals surface area (Å²) in [7, 11) is -4.39. The molecule has 0 saturated carbocycles. The molecule has 0 heterocycles. The van der Waals surface area contributed by atoms with Crippen LogP contribution in [0.2, 0.25) is 0 Å². The molecule has 0 aromatic carbocycles. The number of nitrogens with two attached hydrogens (primary N) is 1. The number of carbonyl (C=O) groups excluding carboxylic acids is 1. The molecule has 0 aliphatic heterocycles. The van der Waals surface area contributed by atoms with Gasteiger partial charge < -0.3 is 26.2 Å². The molecule has 6 N–H and O–H groups in total. The lowest BCUT2D eigenvalue weighted by Crippen LogP contribution is -2.46. The first-order valence-corrected chi connectivity index (χ1v) is 18.0. The lowest BCUT2D eigenvalue weighted by atomic mass is 10.0. The molecule has 0 aromatic heterocycles. The second-order valence-corrected chi connectivity index (χ2v) is 12.7. The Labute approximate surface area is 256 Å². The van der Waals surface area contributed by atoms with Gasteiger partial charge in [0.2, 0.25) is 5.91 Å². The molecule has 0 rings (SSSR count). The van der Waals surface area contributed by atoms with Crippen molar-refractivity contribution >= 4 is 13.7 Å². The standard InChI is InChI=1S/C32H63N2O7P/c1-3-5-7-9-11-13-14-16-17-19-21-23-29(35)27-32(37)34-30(28-41-42(38,39)40-26-25-33)31(36)24-22-20-18-15-12-10-8-6-4-2/h12,15,22,24,29-31,35-36H,3-11,13-14,16-21,23,25-28,33H2,1-2H3,(H,34,37)(H,38,39)/b15-12+,24-22+. The second kappa shape index (κ2) is 28.7. The van der Waals surface area contributed by atoms with Crippen molar-refractivity contribution in [3.63, 3.8) is 0 Å². The molecule has 4 atom stereocenters. The minimum atomic E-state index is -4.39. The van der Waals surface area contributed by atoms with Crippen LogP contribution in [0.5, 0.6) is 0 Å². The molecule has 0 aliphatic carbocycles. The molecule has 42 heavy (non-hydrogen) atoms. The number of hydrogen-bond acceptors (Lipinski definition) is 7. The summed E-state index contributed by atoms with van der Waals surface area (Å²) in [5.41, 5.74) is 5.31. The van der Waals surface area contributed by atoms with Crippen LogP contribution >= 0.6 is 7.82 Å². The predicted molar refractivity (Wildman–Crippen MR) is 172 cm³/mol. The molecular weight excluding hydrogens is 555 g/mol. The first-order valence-electron chi connectivity index (χ1n) is 16.5. The Hall–Kier alpha value is -1.06. The number of phosphoric ester groups is 1. The SMILES string of the molecule is CCCCC/C=C/CC/C=C/C(O)C(COP(=O)(O)OCCN)NC(=O)CC(O)CCCCCCCCCCCCC. The Kier molecular flexibility index (Phi) is 28.0. The minimum Gasteiger partial charge on any atom is -0.393 e. The van der Waals surface area contributed by atoms with Gasteiger partial charge >= 0.3 is 7.82 Å². The quantitative estimate of drug-likeness (QED) is 0.0333. The van der Waals surface area contributed by atoms with E-state index in [1.165, 1.54) is 70.6 Å². The molecule has 248 valence electrons. The number of carbonyl (C=O) groups is 1. The highest BCUT2D eigenvalue weighted by molar-refractivity contribution is 7.47. The van der Waals surface area contributed by atoms with E-state index in [9.17, 15) is 24.5 Å². The van der Waals surface area contributed by atoms with Crippen molar-refractivity contribution in [1.82, 2.24) is 5.32 Å². The van der Waals surface area contributed by atoms with Gasteiger partial charge in [0.05, 0.1) is 37.9 Å². The molecule has 0 fully saturated rings. The Morgan fingerprint density at radius 1 is 0.810 bits per heavy atom. The largest absolute Gasteiger partial charge is 0.472 e. The van der Waals surface area contributed by atoms with Crippen LogP contribution in [0.4, 0.5) is 0 Å². The fraction of sp³-hybridized carbons (Fsp3) is 0.844. The summed E-state index contributed by atoms with van der Waals surface area (Å²) in [6.45, 7) is 3.85. The van der Waals surface area contributed by atoms with Crippen LogP contribution < -0.4 is 11.1 Å². The van der Waals surface area contributed by atoms with Crippen molar-refractivity contribution in [2.75, 3.05) is 19.8 Å². The van der Waals surface area contributed by atoms with Gasteiger partial charge in [0.25, 0.3) is 0 Å². The Bertz CT molecular complexity index is 736. The van der Waals surface area contributed by atoms with Crippen LogP contribution in [0.25, 0.3) is 0 Å². The molecule has 0 aromatic rings. The van der Waals surface area contributed by atoms with E-state index in [2.05, 4.69) is 31.3 Å². The van der Waals surface area contributed by atoms with Gasteiger partial charge in [0, 0.05) is 6.54 Å². The molecular formula is C32H63N2O7P. The van der Waals surface area contributed by atoms with E-state index in [0.717, 1.165) is 32.1 Å². The summed E-state index contributed by atoms with van der Waals surface area (Å²) in [4.78, 5) is 22.5. The summed E-state index contributed by atoms with van der Waals surface area (Å²) in [6, 6.07) is -0.991. The van der Waals surface area contributed by atoms with Crippen LogP contribution in [0, 0.1) is 0 Å². The van der Waals surface area contributed by atoms with E-state index in [1.54, 1.807) is 6.08 Å². The number of aliphatic hydroxyl groups is 2. The third-order valence-corrected chi connectivity index (χ3v) is 8.07. The monoisotopic (exact) mass is 618 g/mol. The number of aliphatic hydroxyl groups excluding tert-OH is 2. The van der Waals surface area contributed by atoms with Gasteiger partial charge in [0.15, 0.2) is 0 Å². The molecule has 0 radical (unpaired) electrons. The fourth-order valence-electron chi connectivity index (χ4n) is 4.54. The average molecular weight is 619 g/mol. The van der Waals surface area contributed by atoms with E-state index < -0.39 is 38.6 Å². The smallest absolute Gasteiger partial charge is 0.393 e. The first-order chi connectivity index (χ1) is 20.3. The molecule has 4 unspecified atom stereocenters. The highest BCUT2D eigenvalue weighted by Gasteiger charge is 2.27. The van der Waals surface area contributed by atoms with Crippen LogP contribution in [-0.2, 0) is 18.4 Å². The highest BCUT2D eigenvalue weighted by atomic mass is 31.2. The number of rotatable bonds is 30. The fourth-order valence-corrected chi connectivity index (χ4v) is 5.30. The van der Waals surface area contributed by atoms with E-state index in [4.69, 9.17) is 14.8 Å². The van der Waals surface area contributed by atoms with Crippen LogP contribution in [0.3, 0.4) is 0 Å². The Morgan fingerprint density at radius 3 is 1.98 bits per heavy atom. The van der Waals surface area contributed by atoms with Crippen molar-refractivity contribution < 1.29 is 33.5 Å². The minimum absolute atomic E-state index is 0.0451. The molecule has 9 nitrogen and oxygen atoms in total. The maximum Gasteiger partial charge on any atom is 0.472 e. The van der Waals surface area contributed by atoms with E-state index in [1.807, 2.05) is 6.08 Å². The van der Waals surface area contributed by atoms with Gasteiger partial charge in [-0.3, -0.25) is 13.8 Å². The maximum absolute atomic E-state index is 12.6. The van der Waals surface area contributed by atoms with Gasteiger partial charge in [-0.2, -0.15) is 0 Å². The maximum atomic E-state index is 12.6. The zero-order chi connectivity index (χ0) is 31.3. The van der Waals surface area contributed by atoms with Crippen molar-refractivity contribution in [2.24, 2.45) is 5.73 Å². The number of unbranched alkanes of at least 4 members (excludes halogenated alkanes) is 14. The summed E-state index contributed by atoms with van der Waals surface area (Å²) >= 11 is 0. The number of phosphoric acid groups is 1. The Balaban J connectivity index is 4.55. The summed E-state index contributed by atoms with van der Waals surface area (Å²) in [5.74, 6) is -0.461. The topological polar surface area (TPSA) is 151 Å². The molecule has 0 spiro atoms. The van der Waals surface area contributed by atoms with Crippen LogP contribution in [0.1, 0.15) is 136 Å². The first kappa shape index (κ1) is 40.9. The molecule has 0 bridgehead atoms. The molecule has 0 aliphatic rings. The van der Waals surface area contributed by atoms with E-state index in [0.29, 0.717) is 12.8 Å². The predicted octanol–water partition coefficient (Wildman–Crippen LogP) is 6.85.